The third-order valence-electron chi connectivity index (χ3n) is 1.85. The van der Waals surface area contributed by atoms with E-state index in [0.717, 1.165) is 14.8 Å². The van der Waals surface area contributed by atoms with Crippen LogP contribution in [0.5, 0.6) is 0 Å². The molecule has 1 nitrogen and oxygen atoms in total. The quantitative estimate of drug-likeness (QED) is 0.821. The molecule has 0 bridgehead atoms. The first-order valence-electron chi connectivity index (χ1n) is 4.20. The van der Waals surface area contributed by atoms with Gasteiger partial charge in [0.1, 0.15) is 0 Å². The maximum Gasteiger partial charge on any atom is 0.0934 e. The number of aliphatic hydroxyl groups excluding tert-OH is 1. The molecule has 1 aromatic rings. The first kappa shape index (κ1) is 10.8. The van der Waals surface area contributed by atoms with E-state index in [4.69, 9.17) is 16.7 Å². The smallest absolute Gasteiger partial charge is 0.0934 e. The minimum absolute atomic E-state index is 0.118. The Morgan fingerprint density at radius 2 is 2.31 bits per heavy atom. The van der Waals surface area contributed by atoms with Gasteiger partial charge in [-0.1, -0.05) is 25.4 Å². The Labute approximate surface area is 87.7 Å². The van der Waals surface area contributed by atoms with Gasteiger partial charge in [0.15, 0.2) is 0 Å². The first-order valence-corrected chi connectivity index (χ1v) is 5.39. The number of halogens is 1. The van der Waals surface area contributed by atoms with Gasteiger partial charge < -0.3 is 5.11 Å². The summed E-state index contributed by atoms with van der Waals surface area (Å²) in [6.07, 6.45) is 2.00. The highest BCUT2D eigenvalue weighted by Crippen LogP contribution is 2.24. The third kappa shape index (κ3) is 3.14. The van der Waals surface area contributed by atoms with Crippen molar-refractivity contribution in [2.45, 2.75) is 13.8 Å². The third-order valence-corrected chi connectivity index (χ3v) is 3.02. The van der Waals surface area contributed by atoms with E-state index in [1.807, 2.05) is 18.2 Å². The van der Waals surface area contributed by atoms with Gasteiger partial charge in [0.2, 0.25) is 0 Å². The molecule has 0 radical (unpaired) electrons. The van der Waals surface area contributed by atoms with Crippen molar-refractivity contribution in [1.29, 1.82) is 0 Å². The molecule has 0 aliphatic carbocycles. The van der Waals surface area contributed by atoms with Crippen LogP contribution in [0.1, 0.15) is 18.7 Å². The van der Waals surface area contributed by atoms with E-state index >= 15 is 0 Å². The van der Waals surface area contributed by atoms with Crippen LogP contribution in [0.4, 0.5) is 0 Å². The van der Waals surface area contributed by atoms with Crippen molar-refractivity contribution in [2.24, 2.45) is 5.92 Å². The summed E-state index contributed by atoms with van der Waals surface area (Å²) in [5.41, 5.74) is 1.04. The SMILES string of the molecule is CC(C)/C(=C/c1ccc(Cl)s1)CO. The van der Waals surface area contributed by atoms with Gasteiger partial charge in [-0.3, -0.25) is 0 Å². The molecule has 0 fully saturated rings. The number of thiophene rings is 1. The van der Waals surface area contributed by atoms with Crippen molar-refractivity contribution in [3.8, 4) is 0 Å². The lowest BCUT2D eigenvalue weighted by atomic mass is 10.0. The van der Waals surface area contributed by atoms with Crippen LogP contribution < -0.4 is 0 Å². The fraction of sp³-hybridized carbons (Fsp3) is 0.400. The van der Waals surface area contributed by atoms with Crippen molar-refractivity contribution in [2.75, 3.05) is 6.61 Å². The van der Waals surface area contributed by atoms with Gasteiger partial charge in [-0.2, -0.15) is 0 Å². The van der Waals surface area contributed by atoms with E-state index in [2.05, 4.69) is 13.8 Å². The largest absolute Gasteiger partial charge is 0.392 e. The second-order valence-corrected chi connectivity index (χ2v) is 4.92. The molecule has 0 aliphatic heterocycles. The van der Waals surface area contributed by atoms with E-state index in [0.29, 0.717) is 5.92 Å². The van der Waals surface area contributed by atoms with E-state index in [-0.39, 0.29) is 6.61 Å². The van der Waals surface area contributed by atoms with Crippen molar-refractivity contribution in [1.82, 2.24) is 0 Å². The predicted molar refractivity (Wildman–Crippen MR) is 59.2 cm³/mol. The van der Waals surface area contributed by atoms with Crippen molar-refractivity contribution in [3.05, 3.63) is 26.9 Å². The van der Waals surface area contributed by atoms with Crippen LogP contribution in [0.25, 0.3) is 6.08 Å². The minimum Gasteiger partial charge on any atom is -0.392 e. The number of hydrogen-bond donors (Lipinski definition) is 1. The zero-order chi connectivity index (χ0) is 9.84. The van der Waals surface area contributed by atoms with Gasteiger partial charge >= 0.3 is 0 Å². The summed E-state index contributed by atoms with van der Waals surface area (Å²) in [6.45, 7) is 4.25. The van der Waals surface area contributed by atoms with Gasteiger partial charge in [-0.25, -0.2) is 0 Å². The molecule has 0 saturated carbocycles. The highest BCUT2D eigenvalue weighted by atomic mass is 35.5. The lowest BCUT2D eigenvalue weighted by Gasteiger charge is -2.06. The average Bonchev–Trinajstić information content (AvgIpc) is 2.46. The second kappa shape index (κ2) is 4.80. The molecule has 0 atom stereocenters. The van der Waals surface area contributed by atoms with Gasteiger partial charge in [-0.15, -0.1) is 11.3 Å². The van der Waals surface area contributed by atoms with Gasteiger partial charge in [0.05, 0.1) is 10.9 Å². The highest BCUT2D eigenvalue weighted by molar-refractivity contribution is 7.17. The fourth-order valence-corrected chi connectivity index (χ4v) is 2.02. The zero-order valence-electron chi connectivity index (χ0n) is 7.75. The second-order valence-electron chi connectivity index (χ2n) is 3.17. The molecule has 1 N–H and O–H groups in total. The Bertz CT molecular complexity index is 302. The first-order chi connectivity index (χ1) is 6.13. The number of hydrogen-bond acceptors (Lipinski definition) is 2. The van der Waals surface area contributed by atoms with Crippen molar-refractivity contribution >= 4 is 29.0 Å². The van der Waals surface area contributed by atoms with Gasteiger partial charge in [-0.05, 0) is 29.7 Å². The molecule has 13 heavy (non-hydrogen) atoms. The van der Waals surface area contributed by atoms with E-state index < -0.39 is 0 Å². The maximum absolute atomic E-state index is 9.07. The van der Waals surface area contributed by atoms with Crippen LogP contribution in [0.2, 0.25) is 4.34 Å². The molecular weight excluding hydrogens is 204 g/mol. The minimum atomic E-state index is 0.118. The van der Waals surface area contributed by atoms with Gasteiger partial charge in [0.25, 0.3) is 0 Å². The van der Waals surface area contributed by atoms with Crippen LogP contribution in [0, 0.1) is 5.92 Å². The Morgan fingerprint density at radius 3 is 2.69 bits per heavy atom. The highest BCUT2D eigenvalue weighted by Gasteiger charge is 2.02. The summed E-state index contributed by atoms with van der Waals surface area (Å²) in [6, 6.07) is 3.83. The number of rotatable bonds is 3. The van der Waals surface area contributed by atoms with Crippen LogP contribution >= 0.6 is 22.9 Å². The number of aliphatic hydroxyl groups is 1. The van der Waals surface area contributed by atoms with Crippen molar-refractivity contribution in [3.63, 3.8) is 0 Å². The van der Waals surface area contributed by atoms with E-state index in [9.17, 15) is 0 Å². The molecule has 0 aliphatic rings. The van der Waals surface area contributed by atoms with Crippen LogP contribution in [-0.4, -0.2) is 11.7 Å². The Hall–Kier alpha value is -0.310. The van der Waals surface area contributed by atoms with Crippen LogP contribution in [0.15, 0.2) is 17.7 Å². The molecule has 1 aromatic heterocycles. The monoisotopic (exact) mass is 216 g/mol. The summed E-state index contributed by atoms with van der Waals surface area (Å²) < 4.78 is 0.785. The zero-order valence-corrected chi connectivity index (χ0v) is 9.32. The maximum atomic E-state index is 9.07. The predicted octanol–water partition coefficient (Wildman–Crippen LogP) is 3.43. The fourth-order valence-electron chi connectivity index (χ4n) is 0.983. The summed E-state index contributed by atoms with van der Waals surface area (Å²) in [5.74, 6) is 0.380. The topological polar surface area (TPSA) is 20.2 Å². The summed E-state index contributed by atoms with van der Waals surface area (Å²) in [4.78, 5) is 1.10. The molecule has 1 rings (SSSR count). The molecule has 72 valence electrons. The van der Waals surface area contributed by atoms with Gasteiger partial charge in [0, 0.05) is 4.88 Å². The Morgan fingerprint density at radius 1 is 1.62 bits per heavy atom. The Balaban J connectivity index is 2.84. The standard InChI is InChI=1S/C10H13ClOS/c1-7(2)8(6-12)5-9-3-4-10(11)13-9/h3-5,7,12H,6H2,1-2H3/b8-5+. The van der Waals surface area contributed by atoms with Crippen molar-refractivity contribution < 1.29 is 5.11 Å². The van der Waals surface area contributed by atoms with E-state index in [1.165, 1.54) is 11.3 Å². The molecule has 0 amide bonds. The summed E-state index contributed by atoms with van der Waals surface area (Å²) in [7, 11) is 0. The molecule has 3 heteroatoms. The normalized spacial score (nSPS) is 12.5. The molecule has 1 heterocycles. The summed E-state index contributed by atoms with van der Waals surface area (Å²) in [5, 5.41) is 9.07. The molecule has 0 saturated heterocycles. The summed E-state index contributed by atoms with van der Waals surface area (Å²) >= 11 is 7.32. The molecule has 0 aromatic carbocycles. The lowest BCUT2D eigenvalue weighted by Crippen LogP contribution is -1.98. The Kier molecular flexibility index (Phi) is 3.97. The average molecular weight is 217 g/mol. The van der Waals surface area contributed by atoms with E-state index in [1.54, 1.807) is 0 Å². The van der Waals surface area contributed by atoms with Crippen LogP contribution in [0.3, 0.4) is 0 Å². The lowest BCUT2D eigenvalue weighted by molar-refractivity contribution is 0.320. The van der Waals surface area contributed by atoms with Crippen LogP contribution in [-0.2, 0) is 0 Å². The molecule has 0 spiro atoms. The molecule has 0 unspecified atom stereocenters. The molecular formula is C10H13ClOS.